The van der Waals surface area contributed by atoms with Gasteiger partial charge in [-0.2, -0.15) is 10.2 Å². The Kier molecular flexibility index (Phi) is 3.99. The van der Waals surface area contributed by atoms with Crippen LogP contribution in [-0.2, 0) is 10.8 Å². The van der Waals surface area contributed by atoms with E-state index < -0.39 is 0 Å². The molecule has 2 fully saturated rings. The molecule has 4 aliphatic carbocycles. The Labute approximate surface area is 235 Å². The van der Waals surface area contributed by atoms with Crippen LogP contribution in [-0.4, -0.2) is 25.4 Å². The van der Waals surface area contributed by atoms with Crippen LogP contribution >= 0.6 is 0 Å². The molecule has 4 bridgehead atoms. The van der Waals surface area contributed by atoms with Gasteiger partial charge in [0.15, 0.2) is 0 Å². The SMILES string of the molecule is CC12CCC(c3c(-c4cc5cc6ccccc6cc5c(-c5n[nH]c6c5C5CCC6(C)C5(C)C)n4)n[nH]c31)C2(C)C. The van der Waals surface area contributed by atoms with Gasteiger partial charge >= 0.3 is 0 Å². The Bertz CT molecular complexity index is 1920. The third-order valence-corrected chi connectivity index (χ3v) is 13.0. The standard InChI is InChI=1S/C35H37N5/c1-32(2)22-11-13-34(32,5)30-25(22)28(37-39-30)24-17-20-15-18-9-7-8-10-19(18)16-21(20)27(36-24)29-26-23-12-14-35(6,33(23,3)4)31(26)40-38-29/h7-10,15-17,22-23H,11-14H2,1-6H3,(H,37,39)(H,38,40). The van der Waals surface area contributed by atoms with Gasteiger partial charge in [-0.1, -0.05) is 65.8 Å². The predicted molar refractivity (Wildman–Crippen MR) is 161 cm³/mol. The second-order valence-corrected chi connectivity index (χ2v) is 14.8. The first-order valence-electron chi connectivity index (χ1n) is 15.1. The van der Waals surface area contributed by atoms with Crippen molar-refractivity contribution < 1.29 is 0 Å². The van der Waals surface area contributed by atoms with E-state index in [0.29, 0.717) is 11.8 Å². The van der Waals surface area contributed by atoms with Crippen LogP contribution in [0.3, 0.4) is 0 Å². The molecule has 40 heavy (non-hydrogen) atoms. The minimum Gasteiger partial charge on any atom is -0.281 e. The number of pyridine rings is 1. The number of fused-ring (bicyclic) bond motifs is 12. The molecule has 2 aromatic carbocycles. The van der Waals surface area contributed by atoms with Crippen LogP contribution in [0, 0.1) is 10.8 Å². The van der Waals surface area contributed by atoms with E-state index in [9.17, 15) is 0 Å². The van der Waals surface area contributed by atoms with E-state index in [1.54, 1.807) is 0 Å². The van der Waals surface area contributed by atoms with Crippen molar-refractivity contribution in [3.8, 4) is 22.8 Å². The monoisotopic (exact) mass is 527 g/mol. The average molecular weight is 528 g/mol. The van der Waals surface area contributed by atoms with Crippen molar-refractivity contribution in [3.63, 3.8) is 0 Å². The zero-order valence-corrected chi connectivity index (χ0v) is 24.4. The molecule has 5 nitrogen and oxygen atoms in total. The highest BCUT2D eigenvalue weighted by molar-refractivity contribution is 6.05. The summed E-state index contributed by atoms with van der Waals surface area (Å²) in [6.07, 6.45) is 4.87. The quantitative estimate of drug-likeness (QED) is 0.226. The Morgan fingerprint density at radius 3 is 1.82 bits per heavy atom. The van der Waals surface area contributed by atoms with E-state index in [0.717, 1.165) is 22.8 Å². The van der Waals surface area contributed by atoms with Gasteiger partial charge in [0.05, 0.1) is 11.4 Å². The molecule has 5 aromatic rings. The second kappa shape index (κ2) is 6.87. The maximum absolute atomic E-state index is 5.49. The highest BCUT2D eigenvalue weighted by Gasteiger charge is 2.63. The first kappa shape index (κ1) is 23.3. The van der Waals surface area contributed by atoms with Gasteiger partial charge < -0.3 is 0 Å². The number of aromatic amines is 2. The molecule has 4 unspecified atom stereocenters. The van der Waals surface area contributed by atoms with Crippen molar-refractivity contribution in [1.29, 1.82) is 0 Å². The zero-order chi connectivity index (χ0) is 27.4. The van der Waals surface area contributed by atoms with Gasteiger partial charge in [0.25, 0.3) is 0 Å². The largest absolute Gasteiger partial charge is 0.281 e. The molecule has 202 valence electrons. The molecule has 0 spiro atoms. The summed E-state index contributed by atoms with van der Waals surface area (Å²) in [4.78, 5) is 5.49. The van der Waals surface area contributed by atoms with Crippen LogP contribution in [0.15, 0.2) is 42.5 Å². The lowest BCUT2D eigenvalue weighted by Crippen LogP contribution is -2.32. The highest BCUT2D eigenvalue weighted by Crippen LogP contribution is 2.70. The van der Waals surface area contributed by atoms with Crippen LogP contribution in [0.1, 0.15) is 102 Å². The smallest absolute Gasteiger partial charge is 0.115 e. The summed E-state index contributed by atoms with van der Waals surface area (Å²) in [6.45, 7) is 14.6. The van der Waals surface area contributed by atoms with E-state index in [-0.39, 0.29) is 21.7 Å². The fourth-order valence-electron chi connectivity index (χ4n) is 9.75. The molecule has 4 aliphatic rings. The van der Waals surface area contributed by atoms with Gasteiger partial charge in [0, 0.05) is 38.7 Å². The first-order chi connectivity index (χ1) is 19.1. The van der Waals surface area contributed by atoms with Crippen LogP contribution in [0.4, 0.5) is 0 Å². The third-order valence-electron chi connectivity index (χ3n) is 13.0. The molecule has 0 amide bonds. The fourth-order valence-corrected chi connectivity index (χ4v) is 9.75. The van der Waals surface area contributed by atoms with Crippen molar-refractivity contribution in [2.24, 2.45) is 10.8 Å². The summed E-state index contributed by atoms with van der Waals surface area (Å²) in [5.41, 5.74) is 10.2. The number of benzene rings is 2. The number of hydrogen-bond acceptors (Lipinski definition) is 3. The number of rotatable bonds is 2. The van der Waals surface area contributed by atoms with Gasteiger partial charge in [-0.25, -0.2) is 4.98 Å². The Hall–Kier alpha value is -3.47. The van der Waals surface area contributed by atoms with E-state index in [4.69, 9.17) is 15.2 Å². The first-order valence-corrected chi connectivity index (χ1v) is 15.1. The number of nitrogens with zero attached hydrogens (tertiary/aromatic N) is 3. The Morgan fingerprint density at radius 2 is 1.20 bits per heavy atom. The summed E-state index contributed by atoms with van der Waals surface area (Å²) in [5, 5.41) is 21.9. The maximum atomic E-state index is 5.49. The molecular formula is C35H37N5. The number of aromatic nitrogens is 5. The molecule has 0 aliphatic heterocycles. The highest BCUT2D eigenvalue weighted by atomic mass is 15.2. The van der Waals surface area contributed by atoms with Crippen molar-refractivity contribution in [1.82, 2.24) is 25.4 Å². The molecule has 0 saturated heterocycles. The molecule has 9 rings (SSSR count). The van der Waals surface area contributed by atoms with E-state index in [1.807, 2.05) is 0 Å². The maximum Gasteiger partial charge on any atom is 0.115 e. The van der Waals surface area contributed by atoms with E-state index >= 15 is 0 Å². The molecule has 4 atom stereocenters. The number of nitrogens with one attached hydrogen (secondary N) is 2. The van der Waals surface area contributed by atoms with Crippen molar-refractivity contribution in [2.75, 3.05) is 0 Å². The summed E-state index contributed by atoms with van der Waals surface area (Å²) < 4.78 is 0. The van der Waals surface area contributed by atoms with Gasteiger partial charge in [0.1, 0.15) is 11.4 Å². The normalized spacial score (nSPS) is 30.4. The van der Waals surface area contributed by atoms with E-state index in [2.05, 4.69) is 94.2 Å². The molecule has 3 heterocycles. The fraction of sp³-hybridized carbons (Fsp3) is 0.457. The summed E-state index contributed by atoms with van der Waals surface area (Å²) in [5.74, 6) is 0.998. The topological polar surface area (TPSA) is 70.2 Å². The molecule has 2 saturated carbocycles. The summed E-state index contributed by atoms with van der Waals surface area (Å²) in [7, 11) is 0. The molecule has 0 radical (unpaired) electrons. The lowest BCUT2D eigenvalue weighted by Gasteiger charge is -2.34. The molecular weight excluding hydrogens is 490 g/mol. The number of H-pyrrole nitrogens is 2. The zero-order valence-electron chi connectivity index (χ0n) is 24.4. The van der Waals surface area contributed by atoms with Gasteiger partial charge in [-0.05, 0) is 82.7 Å². The van der Waals surface area contributed by atoms with Gasteiger partial charge in [-0.15, -0.1) is 0 Å². The summed E-state index contributed by atoms with van der Waals surface area (Å²) in [6, 6.07) is 15.6. The lowest BCUT2D eigenvalue weighted by atomic mass is 9.70. The van der Waals surface area contributed by atoms with Crippen LogP contribution in [0.5, 0.6) is 0 Å². The third kappa shape index (κ3) is 2.39. The molecule has 3 aromatic heterocycles. The van der Waals surface area contributed by atoms with Gasteiger partial charge in [0.2, 0.25) is 0 Å². The minimum absolute atomic E-state index is 0.127. The second-order valence-electron chi connectivity index (χ2n) is 14.8. The minimum atomic E-state index is 0.127. The van der Waals surface area contributed by atoms with Crippen LogP contribution in [0.2, 0.25) is 0 Å². The Balaban J connectivity index is 1.33. The van der Waals surface area contributed by atoms with Crippen molar-refractivity contribution >= 4 is 21.5 Å². The molecule has 2 N–H and O–H groups in total. The van der Waals surface area contributed by atoms with Crippen LogP contribution in [0.25, 0.3) is 44.3 Å². The van der Waals surface area contributed by atoms with E-state index in [1.165, 1.54) is 69.7 Å². The number of hydrogen-bond donors (Lipinski definition) is 2. The predicted octanol–water partition coefficient (Wildman–Crippen LogP) is 8.52. The lowest BCUT2D eigenvalue weighted by molar-refractivity contribution is 0.225. The van der Waals surface area contributed by atoms with Gasteiger partial charge in [-0.3, -0.25) is 10.2 Å². The Morgan fingerprint density at radius 1 is 0.650 bits per heavy atom. The van der Waals surface area contributed by atoms with Crippen LogP contribution < -0.4 is 0 Å². The summed E-state index contributed by atoms with van der Waals surface area (Å²) >= 11 is 0. The van der Waals surface area contributed by atoms with Crippen molar-refractivity contribution in [2.45, 2.75) is 89.9 Å². The molecule has 5 heteroatoms. The van der Waals surface area contributed by atoms with Crippen molar-refractivity contribution in [3.05, 3.63) is 65.0 Å². The average Bonchev–Trinajstić information content (AvgIpc) is 3.71.